The van der Waals surface area contributed by atoms with Gasteiger partial charge < -0.3 is 19.6 Å². The van der Waals surface area contributed by atoms with E-state index >= 15 is 0 Å². The maximum Gasteiger partial charge on any atom is 0.259 e. The van der Waals surface area contributed by atoms with E-state index in [0.717, 1.165) is 42.4 Å². The van der Waals surface area contributed by atoms with E-state index in [2.05, 4.69) is 9.88 Å². The van der Waals surface area contributed by atoms with Gasteiger partial charge in [-0.3, -0.25) is 9.69 Å². The Bertz CT molecular complexity index is 887. The van der Waals surface area contributed by atoms with Crippen molar-refractivity contribution in [3.8, 4) is 0 Å². The maximum absolute atomic E-state index is 12.8. The van der Waals surface area contributed by atoms with Crippen LogP contribution in [0, 0.1) is 0 Å². The number of hydrogen-bond donors (Lipinski definition) is 2. The molecule has 2 heterocycles. The highest BCUT2D eigenvalue weighted by Gasteiger charge is 2.21. The van der Waals surface area contributed by atoms with Gasteiger partial charge in [-0.15, -0.1) is 11.3 Å². The van der Waals surface area contributed by atoms with Crippen molar-refractivity contribution in [1.29, 1.82) is 0 Å². The number of ether oxygens (including phenoxy) is 2. The number of aromatic amines is 1. The molecule has 0 saturated heterocycles. The first-order valence-electron chi connectivity index (χ1n) is 10.8. The molecule has 0 bridgehead atoms. The number of methoxy groups -OCH3 is 1. The smallest absolute Gasteiger partial charge is 0.259 e. The van der Waals surface area contributed by atoms with Crippen molar-refractivity contribution in [2.75, 3.05) is 33.4 Å². The number of aliphatic hydroxyl groups excluding tert-OH is 1. The zero-order chi connectivity index (χ0) is 21.7. The van der Waals surface area contributed by atoms with Crippen molar-refractivity contribution >= 4 is 21.6 Å². The molecule has 0 spiro atoms. The Morgan fingerprint density at radius 1 is 1.30 bits per heavy atom. The Hall–Kier alpha value is -1.32. The van der Waals surface area contributed by atoms with E-state index < -0.39 is 6.10 Å². The summed E-state index contributed by atoms with van der Waals surface area (Å²) in [6, 6.07) is 0. The molecule has 0 amide bonds. The summed E-state index contributed by atoms with van der Waals surface area (Å²) in [5.41, 5.74) is 0.869. The molecule has 0 aromatic carbocycles. The number of nitrogens with zero attached hydrogens (tertiary/aromatic N) is 2. The zero-order valence-electron chi connectivity index (χ0n) is 18.6. The van der Waals surface area contributed by atoms with Crippen LogP contribution in [0.2, 0.25) is 0 Å². The van der Waals surface area contributed by atoms with Crippen molar-refractivity contribution in [2.45, 2.75) is 71.1 Å². The quantitative estimate of drug-likeness (QED) is 0.556. The average molecular weight is 438 g/mol. The highest BCUT2D eigenvalue weighted by molar-refractivity contribution is 7.18. The number of H-pyrrole nitrogens is 1. The molecule has 30 heavy (non-hydrogen) atoms. The summed E-state index contributed by atoms with van der Waals surface area (Å²) in [6.45, 7) is 8.49. The lowest BCUT2D eigenvalue weighted by Gasteiger charge is -2.27. The summed E-state index contributed by atoms with van der Waals surface area (Å²) >= 11 is 1.66. The molecule has 1 atom stereocenters. The summed E-state index contributed by atoms with van der Waals surface area (Å²) in [7, 11) is 1.68. The fourth-order valence-electron chi connectivity index (χ4n) is 3.86. The van der Waals surface area contributed by atoms with E-state index in [9.17, 15) is 9.90 Å². The van der Waals surface area contributed by atoms with Crippen LogP contribution in [0.25, 0.3) is 10.2 Å². The molecule has 3 rings (SSSR count). The van der Waals surface area contributed by atoms with Crippen molar-refractivity contribution in [2.24, 2.45) is 0 Å². The third kappa shape index (κ3) is 6.34. The van der Waals surface area contributed by atoms with Gasteiger partial charge in [-0.25, -0.2) is 4.98 Å². The summed E-state index contributed by atoms with van der Waals surface area (Å²) < 4.78 is 10.9. The number of thiophene rings is 1. The van der Waals surface area contributed by atoms with Crippen LogP contribution in [0.3, 0.4) is 0 Å². The van der Waals surface area contributed by atoms with Crippen LogP contribution in [0.1, 0.15) is 56.3 Å². The first-order valence-corrected chi connectivity index (χ1v) is 11.6. The monoisotopic (exact) mass is 437 g/mol. The average Bonchev–Trinajstić information content (AvgIpc) is 3.04. The SMILES string of the molecule is COCCCN(Cc1nc2sc3c(c2c(=O)[nH]1)CCCC3)C[C@@H](O)COC(C)(C)C. The largest absolute Gasteiger partial charge is 0.389 e. The van der Waals surface area contributed by atoms with E-state index in [0.29, 0.717) is 25.5 Å². The van der Waals surface area contributed by atoms with Gasteiger partial charge in [0.05, 0.1) is 30.2 Å². The zero-order valence-corrected chi connectivity index (χ0v) is 19.4. The lowest BCUT2D eigenvalue weighted by molar-refractivity contribution is -0.0571. The van der Waals surface area contributed by atoms with Gasteiger partial charge in [-0.2, -0.15) is 0 Å². The second-order valence-corrected chi connectivity index (χ2v) is 10.1. The molecule has 1 aliphatic carbocycles. The number of aromatic nitrogens is 2. The lowest BCUT2D eigenvalue weighted by atomic mass is 9.97. The highest BCUT2D eigenvalue weighted by atomic mass is 32.1. The van der Waals surface area contributed by atoms with E-state index in [4.69, 9.17) is 14.5 Å². The van der Waals surface area contributed by atoms with Gasteiger partial charge in [-0.1, -0.05) is 0 Å². The van der Waals surface area contributed by atoms with Gasteiger partial charge in [0, 0.05) is 31.7 Å². The number of rotatable bonds is 10. The molecule has 0 radical (unpaired) electrons. The van der Waals surface area contributed by atoms with E-state index in [-0.39, 0.29) is 17.8 Å². The maximum atomic E-state index is 12.8. The number of fused-ring (bicyclic) bond motifs is 3. The molecule has 8 heteroatoms. The van der Waals surface area contributed by atoms with Gasteiger partial charge in [0.25, 0.3) is 5.56 Å². The van der Waals surface area contributed by atoms with Crippen LogP contribution < -0.4 is 5.56 Å². The molecular formula is C22H35N3O4S. The van der Waals surface area contributed by atoms with Crippen molar-refractivity contribution in [3.05, 3.63) is 26.6 Å². The second kappa shape index (κ2) is 10.3. The van der Waals surface area contributed by atoms with Gasteiger partial charge >= 0.3 is 0 Å². The molecule has 2 aromatic rings. The van der Waals surface area contributed by atoms with Gasteiger partial charge in [0.1, 0.15) is 10.7 Å². The molecular weight excluding hydrogens is 402 g/mol. The van der Waals surface area contributed by atoms with Gasteiger partial charge in [0.15, 0.2) is 0 Å². The van der Waals surface area contributed by atoms with Crippen LogP contribution in [0.4, 0.5) is 0 Å². The van der Waals surface area contributed by atoms with Gasteiger partial charge in [0.2, 0.25) is 0 Å². The molecule has 1 aliphatic rings. The fraction of sp³-hybridized carbons (Fsp3) is 0.727. The Balaban J connectivity index is 1.74. The van der Waals surface area contributed by atoms with Crippen LogP contribution >= 0.6 is 11.3 Å². The highest BCUT2D eigenvalue weighted by Crippen LogP contribution is 2.33. The molecule has 0 fully saturated rings. The predicted octanol–water partition coefficient (Wildman–Crippen LogP) is 2.88. The molecule has 0 unspecified atom stereocenters. The minimum absolute atomic E-state index is 0.0390. The summed E-state index contributed by atoms with van der Waals surface area (Å²) in [6.07, 6.45) is 4.57. The Morgan fingerprint density at radius 3 is 2.80 bits per heavy atom. The van der Waals surface area contributed by atoms with Crippen LogP contribution in [-0.4, -0.2) is 65.1 Å². The normalized spacial score (nSPS) is 15.7. The Morgan fingerprint density at radius 2 is 2.07 bits per heavy atom. The summed E-state index contributed by atoms with van der Waals surface area (Å²) in [4.78, 5) is 24.8. The lowest BCUT2D eigenvalue weighted by Crippen LogP contribution is -2.38. The van der Waals surface area contributed by atoms with E-state index in [1.165, 1.54) is 16.9 Å². The fourth-order valence-corrected chi connectivity index (χ4v) is 5.14. The van der Waals surface area contributed by atoms with Crippen molar-refractivity contribution < 1.29 is 14.6 Å². The summed E-state index contributed by atoms with van der Waals surface area (Å²) in [5.74, 6) is 0.646. The van der Waals surface area contributed by atoms with Crippen LogP contribution in [0.5, 0.6) is 0 Å². The van der Waals surface area contributed by atoms with Gasteiger partial charge in [-0.05, 0) is 58.4 Å². The molecule has 0 saturated carbocycles. The minimum atomic E-state index is -0.615. The predicted molar refractivity (Wildman–Crippen MR) is 120 cm³/mol. The first-order chi connectivity index (χ1) is 14.3. The Labute approximate surface area is 182 Å². The summed E-state index contributed by atoms with van der Waals surface area (Å²) in [5, 5.41) is 11.2. The van der Waals surface area contributed by atoms with Crippen molar-refractivity contribution in [3.63, 3.8) is 0 Å². The van der Waals surface area contributed by atoms with Crippen LogP contribution in [0.15, 0.2) is 4.79 Å². The second-order valence-electron chi connectivity index (χ2n) is 9.06. The molecule has 2 aromatic heterocycles. The number of aliphatic hydroxyl groups is 1. The first kappa shape index (κ1) is 23.3. The molecule has 7 nitrogen and oxygen atoms in total. The number of nitrogens with one attached hydrogen (secondary N) is 1. The molecule has 0 aliphatic heterocycles. The Kier molecular flexibility index (Phi) is 8.04. The van der Waals surface area contributed by atoms with E-state index in [1.54, 1.807) is 18.4 Å². The van der Waals surface area contributed by atoms with Crippen LogP contribution in [-0.2, 0) is 28.9 Å². The third-order valence-electron chi connectivity index (χ3n) is 5.25. The standard InChI is InChI=1S/C22H35N3O4S/c1-22(2,3)29-14-15(26)12-25(10-7-11-28-4)13-18-23-20(27)19-16-8-5-6-9-17(16)30-21(19)24-18/h15,26H,5-14H2,1-4H3,(H,23,24,27)/t15-/m1/s1. The van der Waals surface area contributed by atoms with E-state index in [1.807, 2.05) is 20.8 Å². The third-order valence-corrected chi connectivity index (χ3v) is 6.43. The number of aryl methyl sites for hydroxylation is 2. The topological polar surface area (TPSA) is 87.7 Å². The van der Waals surface area contributed by atoms with Crippen molar-refractivity contribution in [1.82, 2.24) is 14.9 Å². The molecule has 168 valence electrons. The minimum Gasteiger partial charge on any atom is -0.389 e. The molecule has 2 N–H and O–H groups in total. The number of hydrogen-bond acceptors (Lipinski definition) is 7.